The van der Waals surface area contributed by atoms with Gasteiger partial charge in [-0.1, -0.05) is 17.3 Å². The predicted molar refractivity (Wildman–Crippen MR) is 84.0 cm³/mol. The number of carbonyl (C=O) groups is 1. The van der Waals surface area contributed by atoms with Crippen LogP contribution in [0.2, 0.25) is 0 Å². The lowest BCUT2D eigenvalue weighted by atomic mass is 10.1. The molecule has 0 fully saturated rings. The molecule has 1 amide bonds. The Bertz CT molecular complexity index is 815. The summed E-state index contributed by atoms with van der Waals surface area (Å²) in [5.74, 6) is -0.417. The number of carbonyl (C=O) groups excluding carboxylic acids is 1. The molecule has 0 atom stereocenters. The van der Waals surface area contributed by atoms with Crippen LogP contribution < -0.4 is 5.32 Å². The van der Waals surface area contributed by atoms with E-state index in [9.17, 15) is 9.18 Å². The molecule has 0 aliphatic heterocycles. The first-order valence-corrected chi connectivity index (χ1v) is 7.21. The zero-order chi connectivity index (χ0) is 15.5. The van der Waals surface area contributed by atoms with Crippen molar-refractivity contribution < 1.29 is 13.7 Å². The Morgan fingerprint density at radius 3 is 2.59 bits per heavy atom. The Morgan fingerprint density at radius 2 is 1.86 bits per heavy atom. The molecule has 0 radical (unpaired) electrons. The normalized spacial score (nSPS) is 10.5. The highest BCUT2D eigenvalue weighted by Crippen LogP contribution is 2.26. The number of nitrogens with one attached hydrogen (secondary N) is 1. The lowest BCUT2D eigenvalue weighted by Crippen LogP contribution is -2.12. The Kier molecular flexibility index (Phi) is 4.02. The fraction of sp³-hybridized carbons (Fsp3) is 0. The van der Waals surface area contributed by atoms with Crippen molar-refractivity contribution in [2.45, 2.75) is 0 Å². The van der Waals surface area contributed by atoms with Gasteiger partial charge in [0.2, 0.25) is 0 Å². The minimum absolute atomic E-state index is 0.280. The maximum atomic E-state index is 13.0. The zero-order valence-electron chi connectivity index (χ0n) is 11.2. The van der Waals surface area contributed by atoms with Crippen LogP contribution in [0.4, 0.5) is 10.1 Å². The van der Waals surface area contributed by atoms with Crippen LogP contribution >= 0.6 is 15.9 Å². The number of rotatable bonds is 3. The van der Waals surface area contributed by atoms with Crippen LogP contribution in [0.1, 0.15) is 10.4 Å². The first-order chi connectivity index (χ1) is 10.6. The average molecular weight is 361 g/mol. The van der Waals surface area contributed by atoms with Crippen LogP contribution in [0.15, 0.2) is 63.7 Å². The second kappa shape index (κ2) is 6.11. The van der Waals surface area contributed by atoms with Crippen LogP contribution in [0.3, 0.4) is 0 Å². The average Bonchev–Trinajstić information content (AvgIpc) is 3.00. The molecule has 6 heteroatoms. The van der Waals surface area contributed by atoms with Gasteiger partial charge >= 0.3 is 0 Å². The van der Waals surface area contributed by atoms with Crippen molar-refractivity contribution in [3.8, 4) is 11.3 Å². The van der Waals surface area contributed by atoms with Crippen LogP contribution in [0.5, 0.6) is 0 Å². The number of para-hydroxylation sites is 1. The minimum Gasteiger partial charge on any atom is -0.355 e. The summed E-state index contributed by atoms with van der Waals surface area (Å²) < 4.78 is 18.9. The van der Waals surface area contributed by atoms with Crippen molar-refractivity contribution >= 4 is 27.5 Å². The number of benzene rings is 2. The second-order valence-electron chi connectivity index (χ2n) is 4.51. The van der Waals surface area contributed by atoms with Gasteiger partial charge in [0, 0.05) is 10.0 Å². The van der Waals surface area contributed by atoms with Gasteiger partial charge in [0.1, 0.15) is 11.4 Å². The van der Waals surface area contributed by atoms with Gasteiger partial charge in [0.05, 0.1) is 11.9 Å². The van der Waals surface area contributed by atoms with Gasteiger partial charge < -0.3 is 9.84 Å². The summed E-state index contributed by atoms with van der Waals surface area (Å²) in [7, 11) is 0. The molecular weight excluding hydrogens is 351 g/mol. The molecule has 0 bridgehead atoms. The molecule has 0 spiro atoms. The first kappa shape index (κ1) is 14.5. The molecule has 2 aromatic carbocycles. The quantitative estimate of drug-likeness (QED) is 0.748. The van der Waals surface area contributed by atoms with Gasteiger partial charge in [-0.15, -0.1) is 0 Å². The van der Waals surface area contributed by atoms with Gasteiger partial charge in [0.15, 0.2) is 5.76 Å². The van der Waals surface area contributed by atoms with Crippen molar-refractivity contribution in [1.29, 1.82) is 0 Å². The number of aromatic nitrogens is 1. The SMILES string of the molecule is O=C(Nc1ccccc1Br)c1cnoc1-c1ccc(F)cc1. The molecule has 0 unspecified atom stereocenters. The van der Waals surface area contributed by atoms with Crippen LogP contribution in [-0.4, -0.2) is 11.1 Å². The molecule has 1 heterocycles. The largest absolute Gasteiger partial charge is 0.355 e. The highest BCUT2D eigenvalue weighted by atomic mass is 79.9. The minimum atomic E-state index is -0.359. The van der Waals surface area contributed by atoms with E-state index in [0.717, 1.165) is 4.47 Å². The van der Waals surface area contributed by atoms with Crippen LogP contribution in [0, 0.1) is 5.82 Å². The number of amides is 1. The highest BCUT2D eigenvalue weighted by molar-refractivity contribution is 9.10. The number of nitrogens with zero attached hydrogens (tertiary/aromatic N) is 1. The van der Waals surface area contributed by atoms with E-state index in [0.29, 0.717) is 17.0 Å². The Balaban J connectivity index is 1.90. The zero-order valence-corrected chi connectivity index (χ0v) is 12.8. The smallest absolute Gasteiger partial charge is 0.261 e. The second-order valence-corrected chi connectivity index (χ2v) is 5.36. The fourth-order valence-electron chi connectivity index (χ4n) is 1.96. The van der Waals surface area contributed by atoms with Gasteiger partial charge in [0.25, 0.3) is 5.91 Å². The van der Waals surface area contributed by atoms with Gasteiger partial charge in [-0.2, -0.15) is 0 Å². The van der Waals surface area contributed by atoms with Gasteiger partial charge in [-0.25, -0.2) is 4.39 Å². The maximum Gasteiger partial charge on any atom is 0.261 e. The van der Waals surface area contributed by atoms with Crippen molar-refractivity contribution in [3.63, 3.8) is 0 Å². The molecule has 110 valence electrons. The number of halogens is 2. The molecule has 0 aliphatic rings. The number of hydrogen-bond acceptors (Lipinski definition) is 3. The summed E-state index contributed by atoms with van der Waals surface area (Å²) in [5.41, 5.74) is 1.50. The number of hydrogen-bond donors (Lipinski definition) is 1. The summed E-state index contributed by atoms with van der Waals surface area (Å²) in [5, 5.41) is 6.44. The topological polar surface area (TPSA) is 55.1 Å². The molecule has 0 saturated carbocycles. The highest BCUT2D eigenvalue weighted by Gasteiger charge is 2.18. The summed E-state index contributed by atoms with van der Waals surface area (Å²) >= 11 is 3.36. The van der Waals surface area contributed by atoms with Crippen molar-refractivity contribution in [1.82, 2.24) is 5.16 Å². The molecule has 3 rings (SSSR count). The van der Waals surface area contributed by atoms with Crippen LogP contribution in [0.25, 0.3) is 11.3 Å². The van der Waals surface area contributed by atoms with Crippen molar-refractivity contribution in [3.05, 3.63) is 70.6 Å². The van der Waals surface area contributed by atoms with E-state index < -0.39 is 0 Å². The lowest BCUT2D eigenvalue weighted by Gasteiger charge is -2.06. The third kappa shape index (κ3) is 2.92. The third-order valence-electron chi connectivity index (χ3n) is 3.04. The fourth-order valence-corrected chi connectivity index (χ4v) is 2.35. The molecule has 0 aliphatic carbocycles. The summed E-state index contributed by atoms with van der Waals surface area (Å²) in [4.78, 5) is 12.4. The summed E-state index contributed by atoms with van der Waals surface area (Å²) in [6.45, 7) is 0. The van der Waals surface area contributed by atoms with Gasteiger partial charge in [-0.05, 0) is 52.3 Å². The molecule has 0 saturated heterocycles. The Hall–Kier alpha value is -2.47. The van der Waals surface area contributed by atoms with E-state index in [1.807, 2.05) is 18.2 Å². The van der Waals surface area contributed by atoms with E-state index >= 15 is 0 Å². The Morgan fingerprint density at radius 1 is 1.14 bits per heavy atom. The van der Waals surface area contributed by atoms with Crippen molar-refractivity contribution in [2.75, 3.05) is 5.32 Å². The molecule has 3 aromatic rings. The monoisotopic (exact) mass is 360 g/mol. The molecule has 22 heavy (non-hydrogen) atoms. The molecule has 4 nitrogen and oxygen atoms in total. The third-order valence-corrected chi connectivity index (χ3v) is 3.74. The molecule has 1 aromatic heterocycles. The molecule has 1 N–H and O–H groups in total. The van der Waals surface area contributed by atoms with E-state index in [-0.39, 0.29) is 17.3 Å². The van der Waals surface area contributed by atoms with Crippen LogP contribution in [-0.2, 0) is 0 Å². The van der Waals surface area contributed by atoms with E-state index in [1.54, 1.807) is 6.07 Å². The van der Waals surface area contributed by atoms with E-state index in [4.69, 9.17) is 4.52 Å². The maximum absolute atomic E-state index is 13.0. The standard InChI is InChI=1S/C16H10BrFN2O2/c17-13-3-1-2-4-14(13)20-16(21)12-9-19-22-15(12)10-5-7-11(18)8-6-10/h1-9H,(H,20,21). The summed E-state index contributed by atoms with van der Waals surface area (Å²) in [6, 6.07) is 12.9. The lowest BCUT2D eigenvalue weighted by molar-refractivity contribution is 0.102. The predicted octanol–water partition coefficient (Wildman–Crippen LogP) is 4.50. The van der Waals surface area contributed by atoms with Crippen molar-refractivity contribution in [2.24, 2.45) is 0 Å². The van der Waals surface area contributed by atoms with Gasteiger partial charge in [-0.3, -0.25) is 4.79 Å². The summed E-state index contributed by atoms with van der Waals surface area (Å²) in [6.07, 6.45) is 1.34. The Labute approximate surface area is 134 Å². The first-order valence-electron chi connectivity index (χ1n) is 6.41. The van der Waals surface area contributed by atoms with E-state index in [2.05, 4.69) is 26.4 Å². The number of anilines is 1. The molecular formula is C16H10BrFN2O2. The van der Waals surface area contributed by atoms with E-state index in [1.165, 1.54) is 30.5 Å².